The summed E-state index contributed by atoms with van der Waals surface area (Å²) >= 11 is 1.49. The van der Waals surface area contributed by atoms with Crippen molar-refractivity contribution in [3.8, 4) is 11.4 Å². The van der Waals surface area contributed by atoms with Gasteiger partial charge in [-0.05, 0) is 30.5 Å². The van der Waals surface area contributed by atoms with Gasteiger partial charge in [0, 0.05) is 37.1 Å². The molecule has 0 radical (unpaired) electrons. The Balaban J connectivity index is 1.41. The molecule has 10 heteroatoms. The summed E-state index contributed by atoms with van der Waals surface area (Å²) in [6.07, 6.45) is -4.43. The quantitative estimate of drug-likeness (QED) is 0.609. The van der Waals surface area contributed by atoms with Crippen LogP contribution < -0.4 is 0 Å². The Morgan fingerprint density at radius 1 is 1.20 bits per heavy atom. The molecule has 0 spiro atoms. The maximum absolute atomic E-state index is 12.9. The summed E-state index contributed by atoms with van der Waals surface area (Å²) in [6, 6.07) is 6.45. The van der Waals surface area contributed by atoms with Gasteiger partial charge in [-0.25, -0.2) is 0 Å². The van der Waals surface area contributed by atoms with Crippen molar-refractivity contribution in [3.63, 3.8) is 0 Å². The lowest BCUT2D eigenvalue weighted by Crippen LogP contribution is -2.49. The average Bonchev–Trinajstić information content (AvgIpc) is 3.45. The Labute approximate surface area is 174 Å². The van der Waals surface area contributed by atoms with Crippen LogP contribution in [0.3, 0.4) is 0 Å². The number of halogens is 3. The zero-order valence-corrected chi connectivity index (χ0v) is 16.9. The van der Waals surface area contributed by atoms with Crippen LogP contribution in [-0.2, 0) is 6.18 Å². The Morgan fingerprint density at radius 3 is 2.63 bits per heavy atom. The molecule has 3 heterocycles. The molecule has 0 aliphatic carbocycles. The summed E-state index contributed by atoms with van der Waals surface area (Å²) < 4.78 is 44.1. The lowest BCUT2D eigenvalue weighted by Gasteiger charge is -2.36. The van der Waals surface area contributed by atoms with Crippen LogP contribution in [0.15, 0.2) is 45.6 Å². The van der Waals surface area contributed by atoms with Gasteiger partial charge in [0.05, 0.1) is 17.2 Å². The molecule has 6 nitrogen and oxygen atoms in total. The first kappa shape index (κ1) is 20.5. The number of nitrogens with zero attached hydrogens (tertiary/aromatic N) is 4. The van der Waals surface area contributed by atoms with Crippen molar-refractivity contribution in [2.24, 2.45) is 0 Å². The highest BCUT2D eigenvalue weighted by atomic mass is 32.1. The zero-order chi connectivity index (χ0) is 21.3. The zero-order valence-electron chi connectivity index (χ0n) is 16.1. The summed E-state index contributed by atoms with van der Waals surface area (Å²) in [5.74, 6) is 0.474. The molecular formula is C20H19F3N4O2S. The highest BCUT2D eigenvalue weighted by molar-refractivity contribution is 7.08. The maximum Gasteiger partial charge on any atom is 0.416 e. The molecule has 1 aliphatic heterocycles. The molecule has 1 aromatic carbocycles. The van der Waals surface area contributed by atoms with Crippen molar-refractivity contribution < 1.29 is 22.5 Å². The Morgan fingerprint density at radius 2 is 1.97 bits per heavy atom. The molecule has 0 N–H and O–H groups in total. The average molecular weight is 436 g/mol. The van der Waals surface area contributed by atoms with Crippen molar-refractivity contribution in [3.05, 3.63) is 58.1 Å². The number of rotatable bonds is 4. The molecule has 1 amide bonds. The monoisotopic (exact) mass is 436 g/mol. The summed E-state index contributed by atoms with van der Waals surface area (Å²) in [5.41, 5.74) is 0.188. The van der Waals surface area contributed by atoms with Crippen LogP contribution in [0.5, 0.6) is 0 Å². The molecule has 1 saturated heterocycles. The van der Waals surface area contributed by atoms with Crippen LogP contribution in [-0.4, -0.2) is 52.0 Å². The molecule has 3 aromatic rings. The molecule has 0 saturated carbocycles. The number of benzene rings is 1. The molecule has 0 bridgehead atoms. The first-order chi connectivity index (χ1) is 14.3. The van der Waals surface area contributed by atoms with Crippen LogP contribution in [0.4, 0.5) is 13.2 Å². The predicted octanol–water partition coefficient (Wildman–Crippen LogP) is 4.34. The smallest absolute Gasteiger partial charge is 0.337 e. The van der Waals surface area contributed by atoms with Gasteiger partial charge in [0.1, 0.15) is 0 Å². The molecule has 30 heavy (non-hydrogen) atoms. The number of carbonyl (C=O) groups excluding carboxylic acids is 1. The van der Waals surface area contributed by atoms with Gasteiger partial charge in [-0.15, -0.1) is 0 Å². The second-order valence-electron chi connectivity index (χ2n) is 7.05. The van der Waals surface area contributed by atoms with E-state index in [1.54, 1.807) is 0 Å². The molecule has 4 rings (SSSR count). The van der Waals surface area contributed by atoms with Crippen LogP contribution >= 0.6 is 11.3 Å². The lowest BCUT2D eigenvalue weighted by molar-refractivity contribution is -0.137. The third kappa shape index (κ3) is 4.24. The van der Waals surface area contributed by atoms with Crippen molar-refractivity contribution in [2.75, 3.05) is 26.2 Å². The van der Waals surface area contributed by atoms with Gasteiger partial charge in [0.15, 0.2) is 0 Å². The summed E-state index contributed by atoms with van der Waals surface area (Å²) in [7, 11) is 0. The van der Waals surface area contributed by atoms with Crippen LogP contribution in [0.1, 0.15) is 34.8 Å². The second-order valence-corrected chi connectivity index (χ2v) is 7.83. The predicted molar refractivity (Wildman–Crippen MR) is 105 cm³/mol. The van der Waals surface area contributed by atoms with Gasteiger partial charge < -0.3 is 9.42 Å². The van der Waals surface area contributed by atoms with Gasteiger partial charge in [-0.3, -0.25) is 9.69 Å². The largest absolute Gasteiger partial charge is 0.416 e. The maximum atomic E-state index is 12.9. The fraction of sp³-hybridized carbons (Fsp3) is 0.350. The summed E-state index contributed by atoms with van der Waals surface area (Å²) in [4.78, 5) is 20.7. The van der Waals surface area contributed by atoms with E-state index >= 15 is 0 Å². The van der Waals surface area contributed by atoms with E-state index in [0.29, 0.717) is 37.6 Å². The van der Waals surface area contributed by atoms with Gasteiger partial charge in [0.2, 0.25) is 11.7 Å². The highest BCUT2D eigenvalue weighted by Crippen LogP contribution is 2.32. The molecule has 2 aromatic heterocycles. The van der Waals surface area contributed by atoms with Crippen molar-refractivity contribution in [2.45, 2.75) is 19.1 Å². The van der Waals surface area contributed by atoms with E-state index in [2.05, 4.69) is 15.0 Å². The minimum Gasteiger partial charge on any atom is -0.337 e. The Kier molecular flexibility index (Phi) is 5.61. The highest BCUT2D eigenvalue weighted by Gasteiger charge is 2.31. The van der Waals surface area contributed by atoms with E-state index in [9.17, 15) is 18.0 Å². The van der Waals surface area contributed by atoms with E-state index in [0.717, 1.165) is 12.1 Å². The number of alkyl halides is 3. The standard InChI is InChI=1S/C20H19F3N4O2S/c1-13(26-6-8-27(9-7-26)19(28)15-5-10-30-12-15)18-24-17(25-29-18)14-3-2-4-16(11-14)20(21,22)23/h2-5,10-13H,6-9H2,1H3. The molecule has 158 valence electrons. The van der Waals surface area contributed by atoms with Crippen LogP contribution in [0.2, 0.25) is 0 Å². The van der Waals surface area contributed by atoms with E-state index in [4.69, 9.17) is 4.52 Å². The number of hydrogen-bond acceptors (Lipinski definition) is 6. The molecular weight excluding hydrogens is 417 g/mol. The van der Waals surface area contributed by atoms with Crippen LogP contribution in [0, 0.1) is 0 Å². The minimum absolute atomic E-state index is 0.0215. The van der Waals surface area contributed by atoms with Gasteiger partial charge in [-0.1, -0.05) is 17.3 Å². The topological polar surface area (TPSA) is 62.5 Å². The molecule has 1 aliphatic rings. The minimum atomic E-state index is -4.43. The van der Waals surface area contributed by atoms with E-state index in [-0.39, 0.29) is 23.3 Å². The second kappa shape index (κ2) is 8.19. The normalized spacial score (nSPS) is 16.6. The number of thiophene rings is 1. The fourth-order valence-corrected chi connectivity index (χ4v) is 4.02. The number of amides is 1. The number of hydrogen-bond donors (Lipinski definition) is 0. The number of piperazine rings is 1. The molecule has 1 atom stereocenters. The van der Waals surface area contributed by atoms with Gasteiger partial charge in [-0.2, -0.15) is 29.5 Å². The summed E-state index contributed by atoms with van der Waals surface area (Å²) in [6.45, 7) is 4.33. The van der Waals surface area contributed by atoms with Crippen molar-refractivity contribution >= 4 is 17.2 Å². The van der Waals surface area contributed by atoms with Gasteiger partial charge in [0.25, 0.3) is 5.91 Å². The SMILES string of the molecule is CC(c1nc(-c2cccc(C(F)(F)F)c2)no1)N1CCN(C(=O)c2ccsc2)CC1. The molecule has 1 unspecified atom stereocenters. The van der Waals surface area contributed by atoms with E-state index in [1.165, 1.54) is 23.5 Å². The number of aromatic nitrogens is 2. The fourth-order valence-electron chi connectivity index (χ4n) is 3.39. The van der Waals surface area contributed by atoms with Crippen molar-refractivity contribution in [1.82, 2.24) is 19.9 Å². The summed E-state index contributed by atoms with van der Waals surface area (Å²) in [5, 5.41) is 7.58. The third-order valence-electron chi connectivity index (χ3n) is 5.16. The number of carbonyl (C=O) groups is 1. The van der Waals surface area contributed by atoms with Crippen LogP contribution in [0.25, 0.3) is 11.4 Å². The molecule has 1 fully saturated rings. The lowest BCUT2D eigenvalue weighted by atomic mass is 10.1. The van der Waals surface area contributed by atoms with Crippen molar-refractivity contribution in [1.29, 1.82) is 0 Å². The first-order valence-electron chi connectivity index (χ1n) is 9.39. The Hall–Kier alpha value is -2.72. The Bertz CT molecular complexity index is 1010. The third-order valence-corrected chi connectivity index (χ3v) is 5.85. The van der Waals surface area contributed by atoms with E-state index in [1.807, 2.05) is 28.7 Å². The van der Waals surface area contributed by atoms with E-state index < -0.39 is 11.7 Å². The van der Waals surface area contributed by atoms with Gasteiger partial charge >= 0.3 is 6.18 Å². The first-order valence-corrected chi connectivity index (χ1v) is 10.3.